The van der Waals surface area contributed by atoms with Gasteiger partial charge in [-0.25, -0.2) is 9.67 Å². The lowest BCUT2D eigenvalue weighted by atomic mass is 10.1. The third kappa shape index (κ3) is 10.4. The molecule has 0 saturated carbocycles. The summed E-state index contributed by atoms with van der Waals surface area (Å²) in [6.45, 7) is 8.55. The number of carbonyl (C=O) groups is 1. The number of halogens is 3. The van der Waals surface area contributed by atoms with E-state index >= 15 is 0 Å². The van der Waals surface area contributed by atoms with Crippen molar-refractivity contribution in [1.29, 1.82) is 5.26 Å². The molecule has 11 nitrogen and oxygen atoms in total. The maximum Gasteiger partial charge on any atom is 0.423 e. The van der Waals surface area contributed by atoms with Gasteiger partial charge in [-0.05, 0) is 23.7 Å². The molecule has 1 aliphatic rings. The molecular weight excluding hydrogens is 631 g/mol. The summed E-state index contributed by atoms with van der Waals surface area (Å²) in [6.07, 6.45) is -2.35. The molecule has 4 rings (SSSR count). The molecule has 0 radical (unpaired) electrons. The van der Waals surface area contributed by atoms with Crippen LogP contribution in [0.15, 0.2) is 59.7 Å². The maximum absolute atomic E-state index is 14.2. The fraction of sp³-hybridized carbons (Fsp3) is 0.469. The number of rotatable bonds is 14. The molecule has 2 aromatic heterocycles. The van der Waals surface area contributed by atoms with Crippen molar-refractivity contribution in [2.24, 2.45) is 0 Å². The minimum Gasteiger partial charge on any atom is -0.378 e. The summed E-state index contributed by atoms with van der Waals surface area (Å²) in [5.41, 5.74) is -2.02. The Morgan fingerprint density at radius 1 is 1.04 bits per heavy atom. The first-order chi connectivity index (χ1) is 22.4. The van der Waals surface area contributed by atoms with Gasteiger partial charge in [-0.1, -0.05) is 50.0 Å². The fourth-order valence-corrected chi connectivity index (χ4v) is 5.69. The van der Waals surface area contributed by atoms with Gasteiger partial charge in [0.05, 0.1) is 43.1 Å². The molecule has 0 spiro atoms. The second-order valence-corrected chi connectivity index (χ2v) is 18.0. The van der Waals surface area contributed by atoms with Gasteiger partial charge in [0.25, 0.3) is 5.56 Å². The monoisotopic (exact) mass is 671 g/mol. The van der Waals surface area contributed by atoms with Crippen LogP contribution >= 0.6 is 0 Å². The van der Waals surface area contributed by atoms with E-state index in [2.05, 4.69) is 35.0 Å². The number of nitrogens with zero attached hydrogens (tertiary/aromatic N) is 6. The van der Waals surface area contributed by atoms with Crippen LogP contribution in [0.5, 0.6) is 0 Å². The summed E-state index contributed by atoms with van der Waals surface area (Å²) < 4.78 is 54.6. The normalized spacial score (nSPS) is 14.5. The van der Waals surface area contributed by atoms with E-state index < -0.39 is 37.1 Å². The van der Waals surface area contributed by atoms with Crippen molar-refractivity contribution in [3.63, 3.8) is 0 Å². The van der Waals surface area contributed by atoms with E-state index in [0.29, 0.717) is 48.6 Å². The van der Waals surface area contributed by atoms with Crippen molar-refractivity contribution in [2.75, 3.05) is 56.2 Å². The molecule has 3 heterocycles. The lowest BCUT2D eigenvalue weighted by molar-refractivity contribution is -0.138. The Morgan fingerprint density at radius 2 is 1.77 bits per heavy atom. The SMILES string of the molecule is C[Si](C)(C)CCOCn1ncc(NC(COCCC(=O)N2CCN(c3ccc(C#N)cn3)CC2)c2ccccc2)c(C(F)(F)F)c1=O. The van der Waals surface area contributed by atoms with E-state index in [9.17, 15) is 22.8 Å². The van der Waals surface area contributed by atoms with Gasteiger partial charge in [-0.15, -0.1) is 0 Å². The van der Waals surface area contributed by atoms with Gasteiger partial charge in [-0.2, -0.15) is 23.5 Å². The van der Waals surface area contributed by atoms with Gasteiger partial charge in [0.15, 0.2) is 0 Å². The molecule has 1 saturated heterocycles. The average Bonchev–Trinajstić information content (AvgIpc) is 3.04. The molecule has 1 N–H and O–H groups in total. The number of alkyl halides is 3. The highest BCUT2D eigenvalue weighted by Gasteiger charge is 2.39. The van der Waals surface area contributed by atoms with Crippen LogP contribution in [-0.2, 0) is 27.2 Å². The van der Waals surface area contributed by atoms with Crippen LogP contribution in [0.2, 0.25) is 25.7 Å². The number of amides is 1. The molecule has 1 aromatic carbocycles. The van der Waals surface area contributed by atoms with E-state index in [1.165, 1.54) is 6.20 Å². The van der Waals surface area contributed by atoms with E-state index in [1.807, 2.05) is 11.0 Å². The van der Waals surface area contributed by atoms with Crippen molar-refractivity contribution in [3.05, 3.63) is 81.9 Å². The fourth-order valence-electron chi connectivity index (χ4n) is 4.93. The first kappa shape index (κ1) is 35.6. The topological polar surface area (TPSA) is 126 Å². The number of hydrogen-bond acceptors (Lipinski definition) is 9. The summed E-state index contributed by atoms with van der Waals surface area (Å²) >= 11 is 0. The first-order valence-corrected chi connectivity index (χ1v) is 19.1. The molecule has 1 fully saturated rings. The third-order valence-corrected chi connectivity index (χ3v) is 9.35. The molecule has 1 amide bonds. The van der Waals surface area contributed by atoms with E-state index in [1.54, 1.807) is 47.4 Å². The number of nitrogens with one attached hydrogen (secondary N) is 1. The summed E-state index contributed by atoms with van der Waals surface area (Å²) in [5, 5.41) is 15.7. The van der Waals surface area contributed by atoms with E-state index in [-0.39, 0.29) is 32.3 Å². The van der Waals surface area contributed by atoms with Gasteiger partial charge >= 0.3 is 6.18 Å². The van der Waals surface area contributed by atoms with Crippen LogP contribution < -0.4 is 15.8 Å². The quantitative estimate of drug-likeness (QED) is 0.191. The zero-order valence-electron chi connectivity index (χ0n) is 26.8. The van der Waals surface area contributed by atoms with Crippen molar-refractivity contribution in [3.8, 4) is 6.07 Å². The lowest BCUT2D eigenvalue weighted by Gasteiger charge is -2.35. The Hall–Kier alpha value is -4.26. The van der Waals surface area contributed by atoms with Crippen molar-refractivity contribution < 1.29 is 27.4 Å². The number of pyridine rings is 1. The molecule has 0 aliphatic carbocycles. The molecule has 15 heteroatoms. The third-order valence-electron chi connectivity index (χ3n) is 7.65. The van der Waals surface area contributed by atoms with Crippen LogP contribution in [-0.4, -0.2) is 79.6 Å². The second-order valence-electron chi connectivity index (χ2n) is 12.4. The highest BCUT2D eigenvalue weighted by atomic mass is 28.3. The molecule has 1 atom stereocenters. The zero-order chi connectivity index (χ0) is 34.0. The number of piperazine rings is 1. The van der Waals surface area contributed by atoms with Crippen LogP contribution in [0.1, 0.15) is 29.2 Å². The maximum atomic E-state index is 14.2. The summed E-state index contributed by atoms with van der Waals surface area (Å²) in [5.74, 6) is 0.645. The van der Waals surface area contributed by atoms with Crippen molar-refractivity contribution >= 4 is 25.5 Å². The molecule has 1 unspecified atom stereocenters. The van der Waals surface area contributed by atoms with Gasteiger partial charge in [0.1, 0.15) is 24.2 Å². The largest absolute Gasteiger partial charge is 0.423 e. The van der Waals surface area contributed by atoms with Crippen LogP contribution in [0, 0.1) is 11.3 Å². The van der Waals surface area contributed by atoms with Gasteiger partial charge in [0, 0.05) is 47.1 Å². The van der Waals surface area contributed by atoms with Crippen molar-refractivity contribution in [1.82, 2.24) is 19.7 Å². The van der Waals surface area contributed by atoms with Gasteiger partial charge in [0.2, 0.25) is 5.91 Å². The number of nitriles is 1. The first-order valence-electron chi connectivity index (χ1n) is 15.4. The van der Waals surface area contributed by atoms with Gasteiger partial charge in [-0.3, -0.25) is 9.59 Å². The van der Waals surface area contributed by atoms with Gasteiger partial charge < -0.3 is 24.6 Å². The summed E-state index contributed by atoms with van der Waals surface area (Å²) in [6, 6.07) is 14.3. The molecule has 47 heavy (non-hydrogen) atoms. The molecule has 1 aliphatic heterocycles. The Labute approximate surface area is 272 Å². The molecule has 0 bridgehead atoms. The Bertz CT molecular complexity index is 1570. The lowest BCUT2D eigenvalue weighted by Crippen LogP contribution is -2.49. The van der Waals surface area contributed by atoms with Crippen LogP contribution in [0.4, 0.5) is 24.7 Å². The smallest absolute Gasteiger partial charge is 0.378 e. The molecular formula is C32H40F3N7O4Si. The Kier molecular flexibility index (Phi) is 12.1. The number of ether oxygens (including phenoxy) is 2. The number of hydrogen-bond donors (Lipinski definition) is 1. The summed E-state index contributed by atoms with van der Waals surface area (Å²) in [4.78, 5) is 33.9. The second kappa shape index (κ2) is 16.0. The standard InChI is InChI=1S/C32H40F3N7O4Si/c1-47(2,3)18-17-46-23-42-31(44)30(32(33,34)35)26(21-38-42)39-27(25-7-5-4-6-8-25)22-45-16-11-29(43)41-14-12-40(13-15-41)28-10-9-24(19-36)20-37-28/h4-10,20-21,27,39H,11-18,22-23H2,1-3H3. The van der Waals surface area contributed by atoms with Crippen LogP contribution in [0.25, 0.3) is 0 Å². The Morgan fingerprint density at radius 3 is 2.38 bits per heavy atom. The van der Waals surface area contributed by atoms with E-state index in [0.717, 1.165) is 18.1 Å². The van der Waals surface area contributed by atoms with Crippen molar-refractivity contribution in [2.45, 2.75) is 51.1 Å². The zero-order valence-corrected chi connectivity index (χ0v) is 27.8. The number of aromatic nitrogens is 3. The molecule has 3 aromatic rings. The minimum absolute atomic E-state index is 0.0575. The molecule has 252 valence electrons. The van der Waals surface area contributed by atoms with Crippen LogP contribution in [0.3, 0.4) is 0 Å². The number of anilines is 2. The minimum atomic E-state index is -4.95. The van der Waals surface area contributed by atoms with E-state index in [4.69, 9.17) is 14.7 Å². The number of carbonyl (C=O) groups excluding carboxylic acids is 1. The predicted octanol–water partition coefficient (Wildman–Crippen LogP) is 4.75. The number of benzene rings is 1. The predicted molar refractivity (Wildman–Crippen MR) is 174 cm³/mol. The highest BCUT2D eigenvalue weighted by Crippen LogP contribution is 2.33. The highest BCUT2D eigenvalue weighted by molar-refractivity contribution is 6.76. The Balaban J connectivity index is 1.35. The summed E-state index contributed by atoms with van der Waals surface area (Å²) in [7, 11) is -1.42. The average molecular weight is 672 g/mol.